The van der Waals surface area contributed by atoms with Gasteiger partial charge in [0.2, 0.25) is 5.95 Å². The number of anilines is 2. The van der Waals surface area contributed by atoms with Crippen LogP contribution in [0.2, 0.25) is 0 Å². The molecule has 1 aliphatic rings. The van der Waals surface area contributed by atoms with Crippen LogP contribution in [0.1, 0.15) is 43.9 Å². The molecule has 0 radical (unpaired) electrons. The van der Waals surface area contributed by atoms with Gasteiger partial charge in [0.05, 0.1) is 0 Å². The van der Waals surface area contributed by atoms with Gasteiger partial charge in [0.15, 0.2) is 0 Å². The van der Waals surface area contributed by atoms with E-state index in [1.165, 1.54) is 25.7 Å². The largest absolute Gasteiger partial charge is 0.353 e. The van der Waals surface area contributed by atoms with E-state index < -0.39 is 0 Å². The van der Waals surface area contributed by atoms with E-state index in [0.717, 1.165) is 23.6 Å². The second kappa shape index (κ2) is 7.40. The number of pyridine rings is 1. The maximum absolute atomic E-state index is 4.75. The summed E-state index contributed by atoms with van der Waals surface area (Å²) in [5.41, 5.74) is 2.13. The summed E-state index contributed by atoms with van der Waals surface area (Å²) in [4.78, 5) is 15.9. The molecule has 0 bridgehead atoms. The van der Waals surface area contributed by atoms with Gasteiger partial charge in [0.1, 0.15) is 5.82 Å². The fourth-order valence-corrected chi connectivity index (χ4v) is 3.19. The Morgan fingerprint density at radius 3 is 3.00 bits per heavy atom. The smallest absolute Gasteiger partial charge is 0.225 e. The summed E-state index contributed by atoms with van der Waals surface area (Å²) in [5, 5.41) is 3.33. The average molecular weight is 311 g/mol. The zero-order valence-electron chi connectivity index (χ0n) is 14.0. The van der Waals surface area contributed by atoms with Crippen LogP contribution >= 0.6 is 0 Å². The first-order chi connectivity index (χ1) is 11.3. The maximum atomic E-state index is 4.75. The van der Waals surface area contributed by atoms with Gasteiger partial charge >= 0.3 is 0 Å². The highest BCUT2D eigenvalue weighted by molar-refractivity contribution is 5.46. The van der Waals surface area contributed by atoms with Crippen LogP contribution in [0, 0.1) is 6.92 Å². The van der Waals surface area contributed by atoms with E-state index >= 15 is 0 Å². The van der Waals surface area contributed by atoms with Crippen LogP contribution in [0.25, 0.3) is 0 Å². The third-order valence-corrected chi connectivity index (χ3v) is 4.41. The molecule has 1 unspecified atom stereocenters. The van der Waals surface area contributed by atoms with Gasteiger partial charge < -0.3 is 10.2 Å². The van der Waals surface area contributed by atoms with Crippen molar-refractivity contribution in [1.82, 2.24) is 15.0 Å². The van der Waals surface area contributed by atoms with E-state index in [2.05, 4.69) is 39.2 Å². The zero-order chi connectivity index (χ0) is 16.1. The maximum Gasteiger partial charge on any atom is 0.225 e. The lowest BCUT2D eigenvalue weighted by atomic mass is 10.00. The summed E-state index contributed by atoms with van der Waals surface area (Å²) in [7, 11) is 0. The van der Waals surface area contributed by atoms with Crippen molar-refractivity contribution in [2.45, 2.75) is 52.1 Å². The summed E-state index contributed by atoms with van der Waals surface area (Å²) < 4.78 is 0. The second-order valence-corrected chi connectivity index (χ2v) is 6.16. The molecule has 1 saturated heterocycles. The molecule has 2 aromatic rings. The van der Waals surface area contributed by atoms with E-state index in [9.17, 15) is 0 Å². The highest BCUT2D eigenvalue weighted by Crippen LogP contribution is 2.26. The highest BCUT2D eigenvalue weighted by atomic mass is 15.2. The van der Waals surface area contributed by atoms with E-state index in [1.54, 1.807) is 6.20 Å². The number of rotatable bonds is 5. The predicted octanol–water partition coefficient (Wildman–Crippen LogP) is 3.56. The number of hydrogen-bond donors (Lipinski definition) is 1. The quantitative estimate of drug-likeness (QED) is 0.915. The molecule has 1 fully saturated rings. The predicted molar refractivity (Wildman–Crippen MR) is 93.6 cm³/mol. The monoisotopic (exact) mass is 311 g/mol. The molecular weight excluding hydrogens is 286 g/mol. The number of aromatic nitrogens is 3. The van der Waals surface area contributed by atoms with Gasteiger partial charge in [0, 0.05) is 43.3 Å². The lowest BCUT2D eigenvalue weighted by molar-refractivity contribution is 0.446. The number of nitrogens with zero attached hydrogens (tertiary/aromatic N) is 4. The fourth-order valence-electron chi connectivity index (χ4n) is 3.19. The van der Waals surface area contributed by atoms with E-state index in [4.69, 9.17) is 4.98 Å². The summed E-state index contributed by atoms with van der Waals surface area (Å²) in [6.45, 7) is 6.08. The Balaban J connectivity index is 1.76. The summed E-state index contributed by atoms with van der Waals surface area (Å²) in [6, 6.07) is 6.70. The van der Waals surface area contributed by atoms with Crippen molar-refractivity contribution < 1.29 is 0 Å². The third-order valence-electron chi connectivity index (χ3n) is 4.41. The van der Waals surface area contributed by atoms with Gasteiger partial charge in [-0.2, -0.15) is 4.98 Å². The molecule has 3 rings (SSSR count). The van der Waals surface area contributed by atoms with Crippen LogP contribution in [-0.2, 0) is 6.54 Å². The standard InChI is InChI=1S/C18H25N5/c1-3-16-8-4-5-10-23(16)17-11-14(2)21-18(22-17)20-13-15-7-6-9-19-12-15/h6-7,9,11-12,16H,3-5,8,10,13H2,1-2H3,(H,20,21,22). The van der Waals surface area contributed by atoms with Crippen LogP contribution < -0.4 is 10.2 Å². The van der Waals surface area contributed by atoms with Crippen molar-refractivity contribution in [3.05, 3.63) is 41.9 Å². The Morgan fingerprint density at radius 2 is 2.22 bits per heavy atom. The summed E-state index contributed by atoms with van der Waals surface area (Å²) in [5.74, 6) is 1.75. The van der Waals surface area contributed by atoms with Crippen molar-refractivity contribution in [3.8, 4) is 0 Å². The first-order valence-corrected chi connectivity index (χ1v) is 8.51. The molecule has 0 aliphatic carbocycles. The molecule has 3 heterocycles. The summed E-state index contributed by atoms with van der Waals surface area (Å²) in [6.07, 6.45) is 8.65. The van der Waals surface area contributed by atoms with Crippen LogP contribution in [0.4, 0.5) is 11.8 Å². The molecule has 5 heteroatoms. The Morgan fingerprint density at radius 1 is 1.30 bits per heavy atom. The van der Waals surface area contributed by atoms with Crippen LogP contribution in [0.5, 0.6) is 0 Å². The Bertz CT molecular complexity index is 629. The van der Waals surface area contributed by atoms with Gasteiger partial charge in [-0.15, -0.1) is 0 Å². The van der Waals surface area contributed by atoms with Crippen molar-refractivity contribution in [2.24, 2.45) is 0 Å². The Kier molecular flexibility index (Phi) is 5.05. The SMILES string of the molecule is CCC1CCCCN1c1cc(C)nc(NCc2cccnc2)n1. The highest BCUT2D eigenvalue weighted by Gasteiger charge is 2.22. The Labute approximate surface area is 138 Å². The van der Waals surface area contributed by atoms with Crippen molar-refractivity contribution >= 4 is 11.8 Å². The van der Waals surface area contributed by atoms with E-state index in [1.807, 2.05) is 19.2 Å². The van der Waals surface area contributed by atoms with Crippen molar-refractivity contribution in [1.29, 1.82) is 0 Å². The Hall–Kier alpha value is -2.17. The van der Waals surface area contributed by atoms with Gasteiger partial charge in [-0.05, 0) is 44.2 Å². The molecular formula is C18H25N5. The zero-order valence-corrected chi connectivity index (χ0v) is 14.0. The number of piperidine rings is 1. The van der Waals surface area contributed by atoms with Crippen LogP contribution in [-0.4, -0.2) is 27.5 Å². The van der Waals surface area contributed by atoms with Crippen molar-refractivity contribution in [2.75, 3.05) is 16.8 Å². The number of aryl methyl sites for hydroxylation is 1. The van der Waals surface area contributed by atoms with Gasteiger partial charge in [-0.1, -0.05) is 13.0 Å². The molecule has 0 saturated carbocycles. The minimum Gasteiger partial charge on any atom is -0.353 e. The molecule has 0 spiro atoms. The lowest BCUT2D eigenvalue weighted by Crippen LogP contribution is -2.39. The van der Waals surface area contributed by atoms with Gasteiger partial charge in [-0.25, -0.2) is 4.98 Å². The molecule has 1 atom stereocenters. The minimum atomic E-state index is 0.601. The lowest BCUT2D eigenvalue weighted by Gasteiger charge is -2.36. The molecule has 0 amide bonds. The topological polar surface area (TPSA) is 53.9 Å². The molecule has 2 aromatic heterocycles. The molecule has 5 nitrogen and oxygen atoms in total. The first-order valence-electron chi connectivity index (χ1n) is 8.51. The van der Waals surface area contributed by atoms with E-state index in [0.29, 0.717) is 18.5 Å². The van der Waals surface area contributed by atoms with E-state index in [-0.39, 0.29) is 0 Å². The molecule has 122 valence electrons. The average Bonchev–Trinajstić information content (AvgIpc) is 2.60. The normalized spacial score (nSPS) is 18.0. The number of hydrogen-bond acceptors (Lipinski definition) is 5. The van der Waals surface area contributed by atoms with Gasteiger partial charge in [0.25, 0.3) is 0 Å². The van der Waals surface area contributed by atoms with Crippen LogP contribution in [0.3, 0.4) is 0 Å². The second-order valence-electron chi connectivity index (χ2n) is 6.16. The molecule has 0 aromatic carbocycles. The fraction of sp³-hybridized carbons (Fsp3) is 0.500. The summed E-state index contributed by atoms with van der Waals surface area (Å²) >= 11 is 0. The van der Waals surface area contributed by atoms with Crippen molar-refractivity contribution in [3.63, 3.8) is 0 Å². The first kappa shape index (κ1) is 15.7. The number of nitrogens with one attached hydrogen (secondary N) is 1. The molecule has 23 heavy (non-hydrogen) atoms. The molecule has 1 aliphatic heterocycles. The third kappa shape index (κ3) is 3.97. The molecule has 1 N–H and O–H groups in total. The minimum absolute atomic E-state index is 0.601. The van der Waals surface area contributed by atoms with Gasteiger partial charge in [-0.3, -0.25) is 4.98 Å². The van der Waals surface area contributed by atoms with Crippen LogP contribution in [0.15, 0.2) is 30.6 Å².